The van der Waals surface area contributed by atoms with Gasteiger partial charge in [-0.2, -0.15) is 0 Å². The lowest BCUT2D eigenvalue weighted by Crippen LogP contribution is -2.61. The Hall–Kier alpha value is -1.09. The average molecular weight is 304 g/mol. The van der Waals surface area contributed by atoms with Crippen LogP contribution in [0.2, 0.25) is 0 Å². The first-order chi connectivity index (χ1) is 10.4. The first-order valence-electron chi connectivity index (χ1n) is 8.51. The predicted octanol–water partition coefficient (Wildman–Crippen LogP) is 3.89. The molecule has 0 atom stereocenters. The van der Waals surface area contributed by atoms with Crippen molar-refractivity contribution in [3.63, 3.8) is 0 Å². The molecule has 0 amide bonds. The summed E-state index contributed by atoms with van der Waals surface area (Å²) in [5.41, 5.74) is 1.19. The molecular weight excluding hydrogens is 276 g/mol. The van der Waals surface area contributed by atoms with Crippen LogP contribution in [0.3, 0.4) is 0 Å². The SMILES string of the molecule is C=C(C)COC1(COC(=O)C(=C)C)C2CC3CC(C2)CC1C3. The van der Waals surface area contributed by atoms with E-state index in [2.05, 4.69) is 13.2 Å². The average Bonchev–Trinajstić information content (AvgIpc) is 2.45. The highest BCUT2D eigenvalue weighted by molar-refractivity contribution is 5.86. The number of ether oxygens (including phenoxy) is 2. The monoisotopic (exact) mass is 304 g/mol. The molecule has 0 aromatic heterocycles. The maximum Gasteiger partial charge on any atom is 0.333 e. The summed E-state index contributed by atoms with van der Waals surface area (Å²) >= 11 is 0. The minimum Gasteiger partial charge on any atom is -0.459 e. The lowest BCUT2D eigenvalue weighted by atomic mass is 9.50. The normalized spacial score (nSPS) is 38.8. The quantitative estimate of drug-likeness (QED) is 0.424. The Morgan fingerprint density at radius 3 is 2.05 bits per heavy atom. The van der Waals surface area contributed by atoms with Crippen LogP contribution >= 0.6 is 0 Å². The van der Waals surface area contributed by atoms with Gasteiger partial charge in [0.1, 0.15) is 12.2 Å². The van der Waals surface area contributed by atoms with Crippen molar-refractivity contribution < 1.29 is 14.3 Å². The zero-order valence-corrected chi connectivity index (χ0v) is 13.9. The molecule has 4 fully saturated rings. The highest BCUT2D eigenvalue weighted by Crippen LogP contribution is 2.59. The molecular formula is C19H28O3. The van der Waals surface area contributed by atoms with Crippen LogP contribution in [-0.2, 0) is 14.3 Å². The maximum absolute atomic E-state index is 11.9. The van der Waals surface area contributed by atoms with Gasteiger partial charge in [0, 0.05) is 5.57 Å². The highest BCUT2D eigenvalue weighted by Gasteiger charge is 2.58. The molecule has 122 valence electrons. The Morgan fingerprint density at radius 1 is 1.05 bits per heavy atom. The number of esters is 1. The molecule has 0 heterocycles. The Kier molecular flexibility index (Phi) is 4.19. The van der Waals surface area contributed by atoms with E-state index < -0.39 is 0 Å². The molecule has 0 spiro atoms. The second-order valence-electron chi connectivity index (χ2n) is 7.86. The van der Waals surface area contributed by atoms with Crippen molar-refractivity contribution in [3.05, 3.63) is 24.3 Å². The van der Waals surface area contributed by atoms with Gasteiger partial charge in [0.15, 0.2) is 0 Å². The van der Waals surface area contributed by atoms with E-state index in [1.165, 1.54) is 32.1 Å². The third-order valence-electron chi connectivity index (χ3n) is 5.88. The van der Waals surface area contributed by atoms with Gasteiger partial charge in [-0.1, -0.05) is 18.7 Å². The van der Waals surface area contributed by atoms with E-state index in [0.29, 0.717) is 30.6 Å². The van der Waals surface area contributed by atoms with Gasteiger partial charge < -0.3 is 9.47 Å². The number of hydrogen-bond acceptors (Lipinski definition) is 3. The molecule has 0 aliphatic heterocycles. The molecule has 0 aromatic carbocycles. The fraction of sp³-hybridized carbons (Fsp3) is 0.737. The summed E-state index contributed by atoms with van der Waals surface area (Å²) in [5.74, 6) is 2.48. The lowest BCUT2D eigenvalue weighted by Gasteiger charge is -2.60. The van der Waals surface area contributed by atoms with Crippen molar-refractivity contribution in [2.45, 2.75) is 51.6 Å². The van der Waals surface area contributed by atoms with Crippen LogP contribution in [-0.4, -0.2) is 24.8 Å². The molecule has 4 rings (SSSR count). The minimum atomic E-state index is -0.299. The summed E-state index contributed by atoms with van der Waals surface area (Å²) in [6.07, 6.45) is 6.32. The van der Waals surface area contributed by atoms with Gasteiger partial charge in [-0.15, -0.1) is 0 Å². The van der Waals surface area contributed by atoms with Crippen molar-refractivity contribution in [1.82, 2.24) is 0 Å². The van der Waals surface area contributed by atoms with Gasteiger partial charge in [-0.05, 0) is 69.6 Å². The smallest absolute Gasteiger partial charge is 0.333 e. The molecule has 4 bridgehead atoms. The molecule has 4 aliphatic carbocycles. The Balaban J connectivity index is 1.78. The molecule has 4 aliphatic rings. The van der Waals surface area contributed by atoms with Gasteiger partial charge in [0.2, 0.25) is 0 Å². The maximum atomic E-state index is 11.9. The van der Waals surface area contributed by atoms with E-state index in [1.807, 2.05) is 6.92 Å². The van der Waals surface area contributed by atoms with Crippen molar-refractivity contribution in [2.75, 3.05) is 13.2 Å². The van der Waals surface area contributed by atoms with Crippen LogP contribution < -0.4 is 0 Å². The number of carbonyl (C=O) groups is 1. The lowest BCUT2D eigenvalue weighted by molar-refractivity contribution is -0.222. The zero-order valence-electron chi connectivity index (χ0n) is 13.9. The molecule has 0 N–H and O–H groups in total. The van der Waals surface area contributed by atoms with E-state index in [1.54, 1.807) is 6.92 Å². The van der Waals surface area contributed by atoms with Crippen LogP contribution in [0, 0.1) is 23.7 Å². The first kappa shape index (κ1) is 15.8. The molecule has 0 radical (unpaired) electrons. The molecule has 22 heavy (non-hydrogen) atoms. The molecule has 0 saturated heterocycles. The molecule has 4 saturated carbocycles. The van der Waals surface area contributed by atoms with Crippen molar-refractivity contribution in [1.29, 1.82) is 0 Å². The standard InChI is InChI=1S/C19H28O3/c1-12(2)10-22-19(11-21-18(20)13(3)4)16-6-14-5-15(8-16)9-17(19)7-14/h14-17H,1,3,5-11H2,2,4H3. The number of rotatable bonds is 6. The van der Waals surface area contributed by atoms with E-state index in [0.717, 1.165) is 17.4 Å². The second kappa shape index (κ2) is 5.84. The summed E-state index contributed by atoms with van der Waals surface area (Å²) in [4.78, 5) is 11.9. The summed E-state index contributed by atoms with van der Waals surface area (Å²) in [5, 5.41) is 0. The Bertz CT molecular complexity index is 463. The van der Waals surface area contributed by atoms with Gasteiger partial charge in [-0.25, -0.2) is 4.79 Å². The molecule has 3 nitrogen and oxygen atoms in total. The van der Waals surface area contributed by atoms with Crippen molar-refractivity contribution >= 4 is 5.97 Å². The molecule has 0 aromatic rings. The first-order valence-corrected chi connectivity index (χ1v) is 8.51. The topological polar surface area (TPSA) is 35.5 Å². The van der Waals surface area contributed by atoms with Crippen molar-refractivity contribution in [2.24, 2.45) is 23.7 Å². The van der Waals surface area contributed by atoms with Gasteiger partial charge in [0.05, 0.1) is 6.61 Å². The fourth-order valence-electron chi connectivity index (χ4n) is 5.05. The Morgan fingerprint density at radius 2 is 1.59 bits per heavy atom. The van der Waals surface area contributed by atoms with E-state index >= 15 is 0 Å². The largest absolute Gasteiger partial charge is 0.459 e. The van der Waals surface area contributed by atoms with Crippen LogP contribution in [0.15, 0.2) is 24.3 Å². The Labute approximate surface area is 133 Å². The third-order valence-corrected chi connectivity index (χ3v) is 5.88. The zero-order chi connectivity index (χ0) is 15.9. The second-order valence-corrected chi connectivity index (χ2v) is 7.86. The fourth-order valence-corrected chi connectivity index (χ4v) is 5.05. The van der Waals surface area contributed by atoms with Gasteiger partial charge in [-0.3, -0.25) is 0 Å². The summed E-state index contributed by atoms with van der Waals surface area (Å²) in [6, 6.07) is 0. The van der Waals surface area contributed by atoms with Crippen LogP contribution in [0.1, 0.15) is 46.0 Å². The van der Waals surface area contributed by atoms with E-state index in [-0.39, 0.29) is 11.6 Å². The van der Waals surface area contributed by atoms with Crippen molar-refractivity contribution in [3.8, 4) is 0 Å². The van der Waals surface area contributed by atoms with Crippen LogP contribution in [0.25, 0.3) is 0 Å². The number of carbonyl (C=O) groups excluding carboxylic acids is 1. The van der Waals surface area contributed by atoms with Gasteiger partial charge >= 0.3 is 5.97 Å². The van der Waals surface area contributed by atoms with E-state index in [9.17, 15) is 4.79 Å². The highest BCUT2D eigenvalue weighted by atomic mass is 16.6. The van der Waals surface area contributed by atoms with Crippen LogP contribution in [0.5, 0.6) is 0 Å². The summed E-state index contributed by atoms with van der Waals surface area (Å²) in [6.45, 7) is 12.3. The summed E-state index contributed by atoms with van der Waals surface area (Å²) in [7, 11) is 0. The third kappa shape index (κ3) is 2.76. The van der Waals surface area contributed by atoms with Gasteiger partial charge in [0.25, 0.3) is 0 Å². The van der Waals surface area contributed by atoms with Crippen LogP contribution in [0.4, 0.5) is 0 Å². The molecule has 0 unspecified atom stereocenters. The van der Waals surface area contributed by atoms with E-state index in [4.69, 9.17) is 9.47 Å². The molecule has 3 heteroatoms. The number of hydrogen-bond donors (Lipinski definition) is 0. The summed E-state index contributed by atoms with van der Waals surface area (Å²) < 4.78 is 12.0. The predicted molar refractivity (Wildman–Crippen MR) is 86.3 cm³/mol. The minimum absolute atomic E-state index is 0.294.